The minimum atomic E-state index is -0.846. The standard InChI is InChI=1S/C31H37FN2O5/c1-30(2)15-24(16-31(3,4)19-30)39-29-28(25-14-22(37-5)10-11-26(25)32)33-17-21(34-29)18-38-23-8-6-7-20(13-23)9-12-27(35)36/h6-8,10-11,13-14,17,24H,9,12,15-16,18-19H2,1-5H3,(H,35,36). The van der Waals surface area contributed by atoms with Crippen LogP contribution in [-0.4, -0.2) is 34.3 Å². The predicted octanol–water partition coefficient (Wildman–Crippen LogP) is 6.87. The summed E-state index contributed by atoms with van der Waals surface area (Å²) in [6.07, 6.45) is 4.70. The van der Waals surface area contributed by atoms with Gasteiger partial charge in [0.15, 0.2) is 0 Å². The number of hydrogen-bond donors (Lipinski definition) is 1. The largest absolute Gasteiger partial charge is 0.497 e. The molecule has 208 valence electrons. The molecule has 0 atom stereocenters. The van der Waals surface area contributed by atoms with Crippen molar-refractivity contribution in [2.45, 2.75) is 72.5 Å². The zero-order valence-corrected chi connectivity index (χ0v) is 23.3. The van der Waals surface area contributed by atoms with Crippen molar-refractivity contribution in [2.24, 2.45) is 10.8 Å². The monoisotopic (exact) mass is 536 g/mol. The minimum absolute atomic E-state index is 0.0483. The number of aromatic nitrogens is 2. The fourth-order valence-corrected chi connectivity index (χ4v) is 5.74. The highest BCUT2D eigenvalue weighted by Gasteiger charge is 2.40. The van der Waals surface area contributed by atoms with E-state index in [0.29, 0.717) is 29.3 Å². The fourth-order valence-electron chi connectivity index (χ4n) is 5.74. The fraction of sp³-hybridized carbons (Fsp3) is 0.452. The van der Waals surface area contributed by atoms with E-state index in [4.69, 9.17) is 24.3 Å². The van der Waals surface area contributed by atoms with E-state index in [0.717, 1.165) is 24.8 Å². The van der Waals surface area contributed by atoms with Crippen molar-refractivity contribution in [1.29, 1.82) is 0 Å². The maximum Gasteiger partial charge on any atom is 0.303 e. The number of carboxylic acids is 1. The third-order valence-electron chi connectivity index (χ3n) is 6.93. The molecule has 1 aliphatic carbocycles. The molecule has 0 unspecified atom stereocenters. The lowest BCUT2D eigenvalue weighted by Crippen LogP contribution is -2.39. The first-order valence-electron chi connectivity index (χ1n) is 13.2. The summed E-state index contributed by atoms with van der Waals surface area (Å²) < 4.78 is 32.8. The topological polar surface area (TPSA) is 90.8 Å². The Kier molecular flexibility index (Phi) is 8.42. The van der Waals surface area contributed by atoms with Crippen LogP contribution >= 0.6 is 0 Å². The maximum absolute atomic E-state index is 15.0. The Morgan fingerprint density at radius 2 is 1.82 bits per heavy atom. The first-order valence-corrected chi connectivity index (χ1v) is 13.2. The highest BCUT2D eigenvalue weighted by Crippen LogP contribution is 2.47. The van der Waals surface area contributed by atoms with Crippen LogP contribution in [0.15, 0.2) is 48.7 Å². The van der Waals surface area contributed by atoms with Gasteiger partial charge in [-0.3, -0.25) is 4.79 Å². The zero-order chi connectivity index (χ0) is 28.2. The molecular formula is C31H37FN2O5. The number of ether oxygens (including phenoxy) is 3. The molecule has 0 saturated heterocycles. The Balaban J connectivity index is 1.62. The van der Waals surface area contributed by atoms with Crippen LogP contribution in [0.5, 0.6) is 17.4 Å². The molecule has 1 heterocycles. The van der Waals surface area contributed by atoms with E-state index < -0.39 is 11.8 Å². The maximum atomic E-state index is 15.0. The highest BCUT2D eigenvalue weighted by atomic mass is 19.1. The Morgan fingerprint density at radius 3 is 2.51 bits per heavy atom. The summed E-state index contributed by atoms with van der Waals surface area (Å²) in [5, 5.41) is 8.96. The summed E-state index contributed by atoms with van der Waals surface area (Å²) in [6.45, 7) is 9.09. The van der Waals surface area contributed by atoms with Gasteiger partial charge in [0, 0.05) is 12.0 Å². The van der Waals surface area contributed by atoms with Crippen LogP contribution in [0.3, 0.4) is 0 Å². The summed E-state index contributed by atoms with van der Waals surface area (Å²) in [5.41, 5.74) is 2.15. The van der Waals surface area contributed by atoms with E-state index in [1.54, 1.807) is 24.4 Å². The molecule has 4 rings (SSSR count). The molecule has 39 heavy (non-hydrogen) atoms. The number of aliphatic carboxylic acids is 1. The van der Waals surface area contributed by atoms with E-state index in [1.807, 2.05) is 18.2 Å². The lowest BCUT2D eigenvalue weighted by atomic mass is 9.64. The molecule has 1 fully saturated rings. The van der Waals surface area contributed by atoms with Crippen LogP contribution in [0.25, 0.3) is 11.3 Å². The van der Waals surface area contributed by atoms with Gasteiger partial charge in [-0.2, -0.15) is 0 Å². The molecule has 1 N–H and O–H groups in total. The van der Waals surface area contributed by atoms with Crippen molar-refractivity contribution < 1.29 is 28.5 Å². The van der Waals surface area contributed by atoms with Gasteiger partial charge in [0.1, 0.15) is 41.4 Å². The van der Waals surface area contributed by atoms with Crippen molar-refractivity contribution in [2.75, 3.05) is 7.11 Å². The Hall–Kier alpha value is -3.68. The van der Waals surface area contributed by atoms with Crippen LogP contribution in [-0.2, 0) is 17.8 Å². The number of methoxy groups -OCH3 is 1. The molecule has 2 aromatic carbocycles. The van der Waals surface area contributed by atoms with Gasteiger partial charge in [0.05, 0.1) is 13.3 Å². The summed E-state index contributed by atoms with van der Waals surface area (Å²) in [5.74, 6) is 0.0787. The summed E-state index contributed by atoms with van der Waals surface area (Å²) >= 11 is 0. The molecule has 0 radical (unpaired) electrons. The smallest absolute Gasteiger partial charge is 0.303 e. The van der Waals surface area contributed by atoms with Crippen molar-refractivity contribution in [3.63, 3.8) is 0 Å². The van der Waals surface area contributed by atoms with Crippen LogP contribution in [0.1, 0.15) is 64.6 Å². The van der Waals surface area contributed by atoms with Crippen molar-refractivity contribution in [3.8, 4) is 28.6 Å². The van der Waals surface area contributed by atoms with E-state index in [2.05, 4.69) is 32.7 Å². The van der Waals surface area contributed by atoms with E-state index in [1.165, 1.54) is 13.2 Å². The zero-order valence-electron chi connectivity index (χ0n) is 23.3. The molecule has 0 aliphatic heterocycles. The molecule has 0 bridgehead atoms. The summed E-state index contributed by atoms with van der Waals surface area (Å²) in [7, 11) is 1.53. The first kappa shape index (κ1) is 28.3. The third kappa shape index (κ3) is 7.68. The van der Waals surface area contributed by atoms with Gasteiger partial charge in [0.25, 0.3) is 0 Å². The number of rotatable bonds is 10. The van der Waals surface area contributed by atoms with E-state index in [9.17, 15) is 9.18 Å². The molecule has 0 amide bonds. The number of nitrogens with zero attached hydrogens (tertiary/aromatic N) is 2. The molecule has 3 aromatic rings. The van der Waals surface area contributed by atoms with E-state index in [-0.39, 0.29) is 41.4 Å². The van der Waals surface area contributed by atoms with Gasteiger partial charge >= 0.3 is 5.97 Å². The molecular weight excluding hydrogens is 499 g/mol. The lowest BCUT2D eigenvalue weighted by molar-refractivity contribution is -0.136. The van der Waals surface area contributed by atoms with Gasteiger partial charge in [-0.15, -0.1) is 0 Å². The van der Waals surface area contributed by atoms with Crippen LogP contribution in [0.4, 0.5) is 4.39 Å². The molecule has 1 aliphatic rings. The SMILES string of the molecule is COc1ccc(F)c(-c2ncc(COc3cccc(CCC(=O)O)c3)nc2OC2CC(C)(C)CC(C)(C)C2)c1. The highest BCUT2D eigenvalue weighted by molar-refractivity contribution is 5.67. The molecule has 8 heteroatoms. The van der Waals surface area contributed by atoms with Crippen molar-refractivity contribution in [3.05, 3.63) is 65.7 Å². The number of carboxylic acid groups (broad SMARTS) is 1. The molecule has 1 aromatic heterocycles. The van der Waals surface area contributed by atoms with Crippen molar-refractivity contribution >= 4 is 5.97 Å². The van der Waals surface area contributed by atoms with Gasteiger partial charge in [-0.1, -0.05) is 39.8 Å². The van der Waals surface area contributed by atoms with Gasteiger partial charge in [-0.05, 0) is 72.4 Å². The average Bonchev–Trinajstić information content (AvgIpc) is 2.85. The number of carbonyl (C=O) groups is 1. The van der Waals surface area contributed by atoms with Gasteiger partial charge in [-0.25, -0.2) is 14.4 Å². The second kappa shape index (κ2) is 11.6. The number of hydrogen-bond acceptors (Lipinski definition) is 6. The number of benzene rings is 2. The Morgan fingerprint density at radius 1 is 1.08 bits per heavy atom. The van der Waals surface area contributed by atoms with Crippen LogP contribution in [0.2, 0.25) is 0 Å². The summed E-state index contributed by atoms with van der Waals surface area (Å²) in [4.78, 5) is 20.2. The van der Waals surface area contributed by atoms with Crippen molar-refractivity contribution in [1.82, 2.24) is 9.97 Å². The van der Waals surface area contributed by atoms with Gasteiger partial charge < -0.3 is 19.3 Å². The normalized spacial score (nSPS) is 16.5. The summed E-state index contributed by atoms with van der Waals surface area (Å²) in [6, 6.07) is 11.8. The number of aryl methyl sites for hydroxylation is 1. The quantitative estimate of drug-likeness (QED) is 0.302. The molecule has 1 saturated carbocycles. The Labute approximate surface area is 229 Å². The third-order valence-corrected chi connectivity index (χ3v) is 6.93. The van der Waals surface area contributed by atoms with Crippen LogP contribution in [0, 0.1) is 16.6 Å². The lowest BCUT2D eigenvalue weighted by Gasteiger charge is -2.44. The van der Waals surface area contributed by atoms with Crippen LogP contribution < -0.4 is 14.2 Å². The van der Waals surface area contributed by atoms with E-state index >= 15 is 0 Å². The predicted molar refractivity (Wildman–Crippen MR) is 147 cm³/mol. The minimum Gasteiger partial charge on any atom is -0.497 e. The molecule has 0 spiro atoms. The second-order valence-corrected chi connectivity index (χ2v) is 11.8. The number of halogens is 1. The second-order valence-electron chi connectivity index (χ2n) is 11.8. The Bertz CT molecular complexity index is 1310. The molecule has 7 nitrogen and oxygen atoms in total. The average molecular weight is 537 g/mol. The van der Waals surface area contributed by atoms with Gasteiger partial charge in [0.2, 0.25) is 5.88 Å². The first-order chi connectivity index (χ1) is 18.4.